The van der Waals surface area contributed by atoms with Crippen molar-refractivity contribution in [2.45, 2.75) is 96.8 Å². The van der Waals surface area contributed by atoms with Gasteiger partial charge < -0.3 is 16.0 Å². The lowest BCUT2D eigenvalue weighted by Gasteiger charge is -2.25. The lowest BCUT2D eigenvalue weighted by atomic mass is 10.1. The first-order valence-electron chi connectivity index (χ1n) is 12.4. The van der Waals surface area contributed by atoms with Crippen LogP contribution in [0.2, 0.25) is 0 Å². The highest BCUT2D eigenvalue weighted by molar-refractivity contribution is 7.80. The molecule has 0 aromatic heterocycles. The Hall–Kier alpha value is -1.95. The van der Waals surface area contributed by atoms with Crippen molar-refractivity contribution in [1.82, 2.24) is 10.2 Å². The second-order valence-corrected chi connectivity index (χ2v) is 8.96. The SMILES string of the molecule is CCCCCCCCCCCCCC(=O)NC(=S)N(CCC(N)=O)CCc1ccccc1. The quantitative estimate of drug-likeness (QED) is 0.223. The van der Waals surface area contributed by atoms with E-state index in [4.69, 9.17) is 18.0 Å². The van der Waals surface area contributed by atoms with E-state index in [0.717, 1.165) is 19.3 Å². The lowest BCUT2D eigenvalue weighted by Crippen LogP contribution is -2.44. The van der Waals surface area contributed by atoms with Crippen LogP contribution < -0.4 is 11.1 Å². The minimum atomic E-state index is -0.371. The highest BCUT2D eigenvalue weighted by Gasteiger charge is 2.13. The van der Waals surface area contributed by atoms with Crippen molar-refractivity contribution in [2.24, 2.45) is 5.73 Å². The predicted molar refractivity (Wildman–Crippen MR) is 137 cm³/mol. The first-order chi connectivity index (χ1) is 15.5. The molecule has 0 aliphatic heterocycles. The Balaban J connectivity index is 2.21. The number of rotatable bonds is 18. The van der Waals surface area contributed by atoms with E-state index in [9.17, 15) is 9.59 Å². The first-order valence-corrected chi connectivity index (χ1v) is 12.8. The van der Waals surface area contributed by atoms with Gasteiger partial charge in [0.25, 0.3) is 0 Å². The lowest BCUT2D eigenvalue weighted by molar-refractivity contribution is -0.120. The number of nitrogens with two attached hydrogens (primary N) is 1. The molecule has 0 aliphatic carbocycles. The molecular formula is C26H43N3O2S. The van der Waals surface area contributed by atoms with Gasteiger partial charge in [-0.25, -0.2) is 0 Å². The van der Waals surface area contributed by atoms with E-state index in [1.54, 1.807) is 0 Å². The summed E-state index contributed by atoms with van der Waals surface area (Å²) in [6.45, 7) is 3.30. The van der Waals surface area contributed by atoms with E-state index in [2.05, 4.69) is 24.4 Å². The van der Waals surface area contributed by atoms with Crippen LogP contribution in [0.3, 0.4) is 0 Å². The van der Waals surface area contributed by atoms with Gasteiger partial charge in [0.2, 0.25) is 11.8 Å². The molecule has 0 radical (unpaired) electrons. The second-order valence-electron chi connectivity index (χ2n) is 8.58. The monoisotopic (exact) mass is 461 g/mol. The average molecular weight is 462 g/mol. The molecule has 180 valence electrons. The number of carbonyl (C=O) groups excluding carboxylic acids is 2. The third-order valence-corrected chi connectivity index (χ3v) is 6.04. The van der Waals surface area contributed by atoms with Gasteiger partial charge in [0, 0.05) is 25.9 Å². The summed E-state index contributed by atoms with van der Waals surface area (Å²) in [7, 11) is 0. The molecule has 32 heavy (non-hydrogen) atoms. The number of hydrogen-bond donors (Lipinski definition) is 2. The zero-order chi connectivity index (χ0) is 23.4. The van der Waals surface area contributed by atoms with Crippen LogP contribution in [0.4, 0.5) is 0 Å². The number of thiocarbonyl (C=S) groups is 1. The van der Waals surface area contributed by atoms with Crippen LogP contribution in [-0.2, 0) is 16.0 Å². The third kappa shape index (κ3) is 15.0. The molecule has 0 saturated heterocycles. The van der Waals surface area contributed by atoms with Crippen LogP contribution in [0.15, 0.2) is 30.3 Å². The predicted octanol–water partition coefficient (Wildman–Crippen LogP) is 5.51. The Morgan fingerprint density at radius 1 is 0.844 bits per heavy atom. The van der Waals surface area contributed by atoms with Crippen LogP contribution in [0.1, 0.15) is 96.0 Å². The molecular weight excluding hydrogens is 418 g/mol. The molecule has 5 nitrogen and oxygen atoms in total. The maximum absolute atomic E-state index is 12.3. The van der Waals surface area contributed by atoms with Crippen molar-refractivity contribution in [1.29, 1.82) is 0 Å². The van der Waals surface area contributed by atoms with E-state index < -0.39 is 0 Å². The zero-order valence-corrected chi connectivity index (χ0v) is 20.8. The van der Waals surface area contributed by atoms with Gasteiger partial charge in [0.15, 0.2) is 5.11 Å². The molecule has 1 rings (SSSR count). The minimum absolute atomic E-state index is 0.0466. The maximum Gasteiger partial charge on any atom is 0.226 e. The molecule has 0 fully saturated rings. The van der Waals surface area contributed by atoms with Crippen LogP contribution in [0, 0.1) is 0 Å². The largest absolute Gasteiger partial charge is 0.370 e. The van der Waals surface area contributed by atoms with Crippen molar-refractivity contribution in [3.63, 3.8) is 0 Å². The standard InChI is InChI=1S/C26H43N3O2S/c1-2-3-4-5-6-7-8-9-10-11-15-18-25(31)28-26(32)29(22-20-24(27)30)21-19-23-16-13-12-14-17-23/h12-14,16-17H,2-11,15,18-22H2,1H3,(H2,27,30)(H,28,31,32). The third-order valence-electron chi connectivity index (χ3n) is 5.68. The normalized spacial score (nSPS) is 10.7. The number of carbonyl (C=O) groups is 2. The van der Waals surface area contributed by atoms with E-state index in [1.807, 2.05) is 23.1 Å². The topological polar surface area (TPSA) is 75.4 Å². The van der Waals surface area contributed by atoms with Gasteiger partial charge in [-0.3, -0.25) is 9.59 Å². The molecule has 0 atom stereocenters. The molecule has 1 aromatic rings. The van der Waals surface area contributed by atoms with Crippen molar-refractivity contribution in [3.05, 3.63) is 35.9 Å². The van der Waals surface area contributed by atoms with Gasteiger partial charge in [-0.2, -0.15) is 0 Å². The molecule has 0 spiro atoms. The molecule has 0 heterocycles. The van der Waals surface area contributed by atoms with Crippen LogP contribution >= 0.6 is 12.2 Å². The molecule has 0 unspecified atom stereocenters. The Bertz CT molecular complexity index is 652. The summed E-state index contributed by atoms with van der Waals surface area (Å²) in [4.78, 5) is 25.4. The summed E-state index contributed by atoms with van der Waals surface area (Å²) in [5.41, 5.74) is 6.49. The minimum Gasteiger partial charge on any atom is -0.370 e. The average Bonchev–Trinajstić information content (AvgIpc) is 2.78. The van der Waals surface area contributed by atoms with E-state index in [0.29, 0.717) is 24.6 Å². The second kappa shape index (κ2) is 18.6. The number of primary amides is 1. The van der Waals surface area contributed by atoms with Gasteiger partial charge in [0.1, 0.15) is 0 Å². The molecule has 6 heteroatoms. The number of nitrogens with zero attached hydrogens (tertiary/aromatic N) is 1. The van der Waals surface area contributed by atoms with E-state index in [-0.39, 0.29) is 18.2 Å². The fourth-order valence-corrected chi connectivity index (χ4v) is 3.98. The van der Waals surface area contributed by atoms with Crippen molar-refractivity contribution < 1.29 is 9.59 Å². The van der Waals surface area contributed by atoms with Crippen LogP contribution in [0.5, 0.6) is 0 Å². The van der Waals surface area contributed by atoms with Gasteiger partial charge in [-0.15, -0.1) is 0 Å². The molecule has 2 amide bonds. The first kappa shape index (κ1) is 28.1. The summed E-state index contributed by atoms with van der Waals surface area (Å²) in [6, 6.07) is 10.1. The van der Waals surface area contributed by atoms with Gasteiger partial charge in [-0.05, 0) is 30.6 Å². The maximum atomic E-state index is 12.3. The summed E-state index contributed by atoms with van der Waals surface area (Å²) >= 11 is 5.45. The Kier molecular flexibility index (Phi) is 16.3. The number of unbranched alkanes of at least 4 members (excludes halogenated alkanes) is 10. The Labute approximate surface area is 200 Å². The molecule has 1 aromatic carbocycles. The Morgan fingerprint density at radius 2 is 1.41 bits per heavy atom. The highest BCUT2D eigenvalue weighted by Crippen LogP contribution is 2.12. The summed E-state index contributed by atoms with van der Waals surface area (Å²) < 4.78 is 0. The van der Waals surface area contributed by atoms with Crippen molar-refractivity contribution in [2.75, 3.05) is 13.1 Å². The van der Waals surface area contributed by atoms with Crippen LogP contribution in [-0.4, -0.2) is 34.9 Å². The number of nitrogens with one attached hydrogen (secondary N) is 1. The molecule has 3 N–H and O–H groups in total. The molecule has 0 bridgehead atoms. The fourth-order valence-electron chi connectivity index (χ4n) is 3.68. The number of amides is 2. The highest BCUT2D eigenvalue weighted by atomic mass is 32.1. The smallest absolute Gasteiger partial charge is 0.226 e. The zero-order valence-electron chi connectivity index (χ0n) is 19.9. The van der Waals surface area contributed by atoms with Gasteiger partial charge in [0.05, 0.1) is 0 Å². The Morgan fingerprint density at radius 3 is 1.97 bits per heavy atom. The van der Waals surface area contributed by atoms with Crippen LogP contribution in [0.25, 0.3) is 0 Å². The molecule has 0 saturated carbocycles. The van der Waals surface area contributed by atoms with Crippen molar-refractivity contribution >= 4 is 29.1 Å². The summed E-state index contributed by atoms with van der Waals surface area (Å²) in [5, 5.41) is 3.23. The number of hydrogen-bond acceptors (Lipinski definition) is 3. The fraction of sp³-hybridized carbons (Fsp3) is 0.654. The van der Waals surface area contributed by atoms with E-state index in [1.165, 1.54) is 63.4 Å². The number of benzene rings is 1. The van der Waals surface area contributed by atoms with Crippen molar-refractivity contribution in [3.8, 4) is 0 Å². The summed E-state index contributed by atoms with van der Waals surface area (Å²) in [6.07, 6.45) is 15.3. The van der Waals surface area contributed by atoms with Gasteiger partial charge >= 0.3 is 0 Å². The summed E-state index contributed by atoms with van der Waals surface area (Å²) in [5.74, 6) is -0.417. The van der Waals surface area contributed by atoms with Gasteiger partial charge in [-0.1, -0.05) is 101 Å². The molecule has 0 aliphatic rings. The van der Waals surface area contributed by atoms with E-state index >= 15 is 0 Å².